The van der Waals surface area contributed by atoms with Crippen LogP contribution in [0.3, 0.4) is 0 Å². The van der Waals surface area contributed by atoms with E-state index in [1.807, 2.05) is 0 Å². The number of hydrogen-bond donors (Lipinski definition) is 2. The predicted molar refractivity (Wildman–Crippen MR) is 46.6 cm³/mol. The fourth-order valence-corrected chi connectivity index (χ4v) is 1.61. The number of aliphatic imine (C=N–C) groups is 1. The Morgan fingerprint density at radius 3 is 3.00 bits per heavy atom. The first-order valence-electron chi connectivity index (χ1n) is 3.55. The molecule has 0 fully saturated rings. The highest BCUT2D eigenvalue weighted by Gasteiger charge is 2.32. The third-order valence-corrected chi connectivity index (χ3v) is 2.29. The molecule has 2 rings (SSSR count). The van der Waals surface area contributed by atoms with E-state index in [0.29, 0.717) is 10.4 Å². The van der Waals surface area contributed by atoms with Gasteiger partial charge in [-0.15, -0.1) is 0 Å². The number of urea groups is 1. The van der Waals surface area contributed by atoms with E-state index in [-0.39, 0.29) is 0 Å². The summed E-state index contributed by atoms with van der Waals surface area (Å²) in [6.45, 7) is 0. The van der Waals surface area contributed by atoms with Gasteiger partial charge in [-0.25, -0.2) is 9.79 Å². The lowest BCUT2D eigenvalue weighted by Crippen LogP contribution is -2.52. The number of fused-ring (bicyclic) bond motifs is 1. The van der Waals surface area contributed by atoms with Crippen molar-refractivity contribution in [3.05, 3.63) is 11.6 Å². The van der Waals surface area contributed by atoms with Crippen LogP contribution in [0.15, 0.2) is 16.6 Å². The van der Waals surface area contributed by atoms with Gasteiger partial charge in [-0.2, -0.15) is 0 Å². The normalized spacial score (nSPS) is 26.6. The minimum atomic E-state index is -0.518. The Bertz CT molecular complexity index is 338. The molecule has 1 unspecified atom stereocenters. The van der Waals surface area contributed by atoms with Crippen molar-refractivity contribution < 1.29 is 9.90 Å². The first-order valence-corrected chi connectivity index (χ1v) is 4.34. The van der Waals surface area contributed by atoms with E-state index in [1.165, 1.54) is 4.90 Å². The largest absolute Gasteiger partial charge is 0.859 e. The lowest BCUT2D eigenvalue weighted by Gasteiger charge is -2.33. The summed E-state index contributed by atoms with van der Waals surface area (Å²) < 4.78 is 0.462. The summed E-state index contributed by atoms with van der Waals surface area (Å²) in [5.74, 6) is -0.425. The smallest absolute Gasteiger partial charge is 0.322 e. The lowest BCUT2D eigenvalue weighted by molar-refractivity contribution is -0.313. The van der Waals surface area contributed by atoms with Gasteiger partial charge in [0.15, 0.2) is 10.9 Å². The van der Waals surface area contributed by atoms with Crippen LogP contribution in [0.1, 0.15) is 0 Å². The highest BCUT2D eigenvalue weighted by molar-refractivity contribution is 9.18. The van der Waals surface area contributed by atoms with Crippen LogP contribution in [0.25, 0.3) is 0 Å². The SMILES string of the molecule is CN1C(=O)NC([O-])=C2NC(Br)=NC21. The molecule has 7 heteroatoms. The van der Waals surface area contributed by atoms with E-state index < -0.39 is 18.1 Å². The average Bonchev–Trinajstić information content (AvgIpc) is 2.44. The zero-order chi connectivity index (χ0) is 9.59. The fourth-order valence-electron chi connectivity index (χ4n) is 1.20. The Kier molecular flexibility index (Phi) is 1.69. The number of carbonyl (C=O) groups is 1. The second-order valence-corrected chi connectivity index (χ2v) is 3.45. The maximum Gasteiger partial charge on any atom is 0.322 e. The molecule has 2 heterocycles. The Labute approximate surface area is 82.4 Å². The number of amides is 2. The molecule has 2 amide bonds. The van der Waals surface area contributed by atoms with Gasteiger partial charge in [-0.3, -0.25) is 4.90 Å². The molecular weight excluding hydrogens is 240 g/mol. The van der Waals surface area contributed by atoms with Crippen LogP contribution in [0.4, 0.5) is 4.79 Å². The summed E-state index contributed by atoms with van der Waals surface area (Å²) >= 11 is 3.10. The molecule has 0 aromatic carbocycles. The van der Waals surface area contributed by atoms with Crippen LogP contribution in [0.5, 0.6) is 0 Å². The lowest BCUT2D eigenvalue weighted by atomic mass is 10.3. The van der Waals surface area contributed by atoms with E-state index in [9.17, 15) is 9.90 Å². The quantitative estimate of drug-likeness (QED) is 0.530. The molecule has 6 nitrogen and oxygen atoms in total. The van der Waals surface area contributed by atoms with Gasteiger partial charge >= 0.3 is 6.03 Å². The highest BCUT2D eigenvalue weighted by atomic mass is 79.9. The summed E-state index contributed by atoms with van der Waals surface area (Å²) in [5, 5.41) is 16.1. The Balaban J connectivity index is 2.41. The molecule has 2 aliphatic rings. The van der Waals surface area contributed by atoms with Crippen LogP contribution in [-0.2, 0) is 0 Å². The van der Waals surface area contributed by atoms with E-state index in [1.54, 1.807) is 7.05 Å². The van der Waals surface area contributed by atoms with Crippen molar-refractivity contribution in [1.82, 2.24) is 15.5 Å². The summed E-state index contributed by atoms with van der Waals surface area (Å²) in [6, 6.07) is -0.438. The van der Waals surface area contributed by atoms with Crippen LogP contribution < -0.4 is 15.7 Å². The summed E-state index contributed by atoms with van der Waals surface area (Å²) in [5.41, 5.74) is 0.369. The number of amidine groups is 1. The van der Waals surface area contributed by atoms with Crippen molar-refractivity contribution in [1.29, 1.82) is 0 Å². The predicted octanol–water partition coefficient (Wildman–Crippen LogP) is -1.15. The number of nitrogens with one attached hydrogen (secondary N) is 2. The first kappa shape index (κ1) is 8.36. The standard InChI is InChI=1S/C6H7BrN4O2/c1-11-3-2(8-5(7)9-3)4(12)10-6(11)13/h3,12H,1H3,(H,8,9)(H,10,13)/p-1. The minimum Gasteiger partial charge on any atom is -0.859 e. The molecule has 2 aliphatic heterocycles. The molecular formula is C6H6BrN4O2-. The van der Waals surface area contributed by atoms with Crippen LogP contribution in [0.2, 0.25) is 0 Å². The van der Waals surface area contributed by atoms with E-state index in [0.717, 1.165) is 0 Å². The number of hydrogen-bond acceptors (Lipinski definition) is 4. The molecule has 13 heavy (non-hydrogen) atoms. The zero-order valence-electron chi connectivity index (χ0n) is 6.67. The molecule has 1 atom stereocenters. The van der Waals surface area contributed by atoms with Gasteiger partial charge in [0.2, 0.25) is 0 Å². The van der Waals surface area contributed by atoms with Crippen molar-refractivity contribution in [2.75, 3.05) is 7.05 Å². The van der Waals surface area contributed by atoms with Crippen molar-refractivity contribution in [2.45, 2.75) is 6.17 Å². The van der Waals surface area contributed by atoms with Gasteiger partial charge in [-0.05, 0) is 21.8 Å². The fraction of sp³-hybridized carbons (Fsp3) is 0.333. The second-order valence-electron chi connectivity index (χ2n) is 2.70. The maximum absolute atomic E-state index is 11.2. The van der Waals surface area contributed by atoms with Crippen molar-refractivity contribution >= 4 is 26.7 Å². The van der Waals surface area contributed by atoms with Crippen molar-refractivity contribution in [3.63, 3.8) is 0 Å². The molecule has 0 aromatic heterocycles. The van der Waals surface area contributed by atoms with Crippen LogP contribution in [-0.4, -0.2) is 28.9 Å². The molecule has 0 saturated heterocycles. The monoisotopic (exact) mass is 245 g/mol. The van der Waals surface area contributed by atoms with Gasteiger partial charge < -0.3 is 15.7 Å². The highest BCUT2D eigenvalue weighted by Crippen LogP contribution is 2.20. The number of likely N-dealkylation sites (N-methyl/N-ethyl adjacent to an activating group) is 1. The van der Waals surface area contributed by atoms with Gasteiger partial charge in [0.05, 0.1) is 5.70 Å². The Hall–Kier alpha value is -1.24. The molecule has 70 valence electrons. The molecule has 0 bridgehead atoms. The van der Waals surface area contributed by atoms with Crippen molar-refractivity contribution in [2.24, 2.45) is 4.99 Å². The molecule has 2 N–H and O–H groups in total. The number of carbonyl (C=O) groups excluding carboxylic acids is 1. The van der Waals surface area contributed by atoms with Gasteiger partial charge in [0, 0.05) is 7.05 Å². The number of halogens is 1. The number of nitrogens with zero attached hydrogens (tertiary/aromatic N) is 2. The van der Waals surface area contributed by atoms with E-state index >= 15 is 0 Å². The third-order valence-electron chi connectivity index (χ3n) is 1.88. The molecule has 0 saturated carbocycles. The van der Waals surface area contributed by atoms with E-state index in [2.05, 4.69) is 31.6 Å². The van der Waals surface area contributed by atoms with Gasteiger partial charge in [0.1, 0.15) is 0 Å². The van der Waals surface area contributed by atoms with Crippen LogP contribution in [0, 0.1) is 0 Å². The molecule has 0 spiro atoms. The summed E-state index contributed by atoms with van der Waals surface area (Å²) in [7, 11) is 1.57. The number of rotatable bonds is 0. The topological polar surface area (TPSA) is 79.8 Å². The second kappa shape index (κ2) is 2.63. The van der Waals surface area contributed by atoms with Gasteiger partial charge in [-0.1, -0.05) is 0 Å². The molecule has 0 radical (unpaired) electrons. The minimum absolute atomic E-state index is 0.369. The maximum atomic E-state index is 11.2. The van der Waals surface area contributed by atoms with Crippen LogP contribution >= 0.6 is 15.9 Å². The summed E-state index contributed by atoms with van der Waals surface area (Å²) in [6.07, 6.45) is -0.518. The summed E-state index contributed by atoms with van der Waals surface area (Å²) in [4.78, 5) is 16.5. The van der Waals surface area contributed by atoms with Gasteiger partial charge in [0.25, 0.3) is 0 Å². The first-order chi connectivity index (χ1) is 6.09. The zero-order valence-corrected chi connectivity index (χ0v) is 8.25. The third kappa shape index (κ3) is 1.15. The Morgan fingerprint density at radius 2 is 2.31 bits per heavy atom. The van der Waals surface area contributed by atoms with Crippen molar-refractivity contribution in [3.8, 4) is 0 Å². The average molecular weight is 246 g/mol. The van der Waals surface area contributed by atoms with E-state index in [4.69, 9.17) is 0 Å². The Morgan fingerprint density at radius 1 is 1.62 bits per heavy atom. The molecule has 0 aliphatic carbocycles. The molecule has 0 aromatic rings.